The van der Waals surface area contributed by atoms with Crippen molar-refractivity contribution in [2.75, 3.05) is 10.8 Å². The van der Waals surface area contributed by atoms with E-state index in [0.29, 0.717) is 17.1 Å². The van der Waals surface area contributed by atoms with Crippen molar-refractivity contribution in [3.8, 4) is 0 Å². The lowest BCUT2D eigenvalue weighted by Crippen LogP contribution is -2.54. The summed E-state index contributed by atoms with van der Waals surface area (Å²) in [5.41, 5.74) is 2.23. The first-order valence-corrected chi connectivity index (χ1v) is 16.9. The molecule has 0 aliphatic heterocycles. The molecule has 1 atom stereocenters. The van der Waals surface area contributed by atoms with Crippen LogP contribution in [0, 0.1) is 0 Å². The minimum atomic E-state index is -4.10. The molecule has 1 aliphatic rings. The standard InChI is InChI=1S/C34H42ClN3O4S/c1-4-32(34(40)36-29-11-7-5-8-12-29)37(23-26-15-19-28(35)20-16-26)33(39)24-38(30-21-17-27(18-22-30)25(2)3)43(41,42)31-13-9-6-10-14-31/h6,9-10,13-22,25,29,32H,4-5,7-8,11-12,23-24H2,1-3H3,(H,36,40)/t32-/m1/s1. The van der Waals surface area contributed by atoms with Gasteiger partial charge in [-0.3, -0.25) is 13.9 Å². The number of carbonyl (C=O) groups is 2. The maximum absolute atomic E-state index is 14.3. The minimum Gasteiger partial charge on any atom is -0.352 e. The summed E-state index contributed by atoms with van der Waals surface area (Å²) in [6.07, 6.45) is 5.51. The van der Waals surface area contributed by atoms with Crippen LogP contribution in [0.1, 0.15) is 76.3 Å². The number of carbonyl (C=O) groups excluding carboxylic acids is 2. The molecule has 3 aromatic rings. The molecule has 1 saturated carbocycles. The van der Waals surface area contributed by atoms with Crippen LogP contribution >= 0.6 is 11.6 Å². The average molecular weight is 624 g/mol. The fourth-order valence-electron chi connectivity index (χ4n) is 5.52. The quantitative estimate of drug-likeness (QED) is 0.237. The SMILES string of the molecule is CC[C@H](C(=O)NC1CCCCC1)N(Cc1ccc(Cl)cc1)C(=O)CN(c1ccc(C(C)C)cc1)S(=O)(=O)c1ccccc1. The highest BCUT2D eigenvalue weighted by Crippen LogP contribution is 2.27. The molecule has 2 amide bonds. The van der Waals surface area contributed by atoms with Gasteiger partial charge in [0.25, 0.3) is 10.0 Å². The van der Waals surface area contributed by atoms with Gasteiger partial charge in [0.05, 0.1) is 10.6 Å². The van der Waals surface area contributed by atoms with E-state index in [9.17, 15) is 18.0 Å². The molecule has 0 bridgehead atoms. The number of nitrogens with one attached hydrogen (secondary N) is 1. The summed E-state index contributed by atoms with van der Waals surface area (Å²) in [5, 5.41) is 3.74. The number of amides is 2. The number of nitrogens with zero attached hydrogens (tertiary/aromatic N) is 2. The van der Waals surface area contributed by atoms with Gasteiger partial charge in [0.1, 0.15) is 12.6 Å². The number of rotatable bonds is 12. The van der Waals surface area contributed by atoms with Crippen LogP contribution in [0.2, 0.25) is 5.02 Å². The molecule has 0 radical (unpaired) electrons. The van der Waals surface area contributed by atoms with Crippen LogP contribution in [0.5, 0.6) is 0 Å². The third kappa shape index (κ3) is 8.39. The Balaban J connectivity index is 1.70. The predicted molar refractivity (Wildman–Crippen MR) is 173 cm³/mol. The summed E-state index contributed by atoms with van der Waals surface area (Å²) in [6.45, 7) is 5.68. The Morgan fingerprint density at radius 3 is 2.12 bits per heavy atom. The van der Waals surface area contributed by atoms with Crippen molar-refractivity contribution in [1.29, 1.82) is 0 Å². The second-order valence-corrected chi connectivity index (χ2v) is 13.8. The van der Waals surface area contributed by atoms with Crippen LogP contribution in [0.4, 0.5) is 5.69 Å². The third-order valence-electron chi connectivity index (χ3n) is 8.06. The molecule has 0 heterocycles. The molecule has 230 valence electrons. The molecular formula is C34H42ClN3O4S. The smallest absolute Gasteiger partial charge is 0.264 e. The molecule has 1 N–H and O–H groups in total. The maximum atomic E-state index is 14.3. The van der Waals surface area contributed by atoms with E-state index in [-0.39, 0.29) is 29.3 Å². The largest absolute Gasteiger partial charge is 0.352 e. The van der Waals surface area contributed by atoms with Crippen molar-refractivity contribution in [1.82, 2.24) is 10.2 Å². The molecule has 3 aromatic carbocycles. The minimum absolute atomic E-state index is 0.0808. The maximum Gasteiger partial charge on any atom is 0.264 e. The number of hydrogen-bond acceptors (Lipinski definition) is 4. The van der Waals surface area contributed by atoms with Gasteiger partial charge in [-0.1, -0.05) is 94.1 Å². The van der Waals surface area contributed by atoms with Gasteiger partial charge in [0.15, 0.2) is 0 Å². The summed E-state index contributed by atoms with van der Waals surface area (Å²) in [7, 11) is -4.10. The molecule has 0 spiro atoms. The van der Waals surface area contributed by atoms with E-state index in [2.05, 4.69) is 19.2 Å². The van der Waals surface area contributed by atoms with Gasteiger partial charge >= 0.3 is 0 Å². The Labute approximate surface area is 261 Å². The molecule has 4 rings (SSSR count). The lowest BCUT2D eigenvalue weighted by atomic mass is 9.95. The topological polar surface area (TPSA) is 86.8 Å². The van der Waals surface area contributed by atoms with Crippen LogP contribution < -0.4 is 9.62 Å². The summed E-state index contributed by atoms with van der Waals surface area (Å²) < 4.78 is 29.2. The molecule has 0 aromatic heterocycles. The number of halogens is 1. The highest BCUT2D eigenvalue weighted by Gasteiger charge is 2.34. The molecule has 1 aliphatic carbocycles. The van der Waals surface area contributed by atoms with Crippen molar-refractivity contribution in [3.05, 3.63) is 95.0 Å². The van der Waals surface area contributed by atoms with Crippen LogP contribution in [0.25, 0.3) is 0 Å². The molecule has 7 nitrogen and oxygen atoms in total. The monoisotopic (exact) mass is 623 g/mol. The Hall–Kier alpha value is -3.36. The number of hydrogen-bond donors (Lipinski definition) is 1. The predicted octanol–water partition coefficient (Wildman–Crippen LogP) is 6.92. The van der Waals surface area contributed by atoms with Crippen LogP contribution in [0.3, 0.4) is 0 Å². The summed E-state index contributed by atoms with van der Waals surface area (Å²) >= 11 is 6.12. The van der Waals surface area contributed by atoms with Crippen LogP contribution in [0.15, 0.2) is 83.8 Å². The second kappa shape index (κ2) is 14.9. The van der Waals surface area contributed by atoms with Crippen molar-refractivity contribution >= 4 is 39.1 Å². The van der Waals surface area contributed by atoms with Crippen molar-refractivity contribution < 1.29 is 18.0 Å². The third-order valence-corrected chi connectivity index (χ3v) is 10.1. The molecule has 43 heavy (non-hydrogen) atoms. The highest BCUT2D eigenvalue weighted by atomic mass is 35.5. The van der Waals surface area contributed by atoms with E-state index in [1.165, 1.54) is 17.0 Å². The summed E-state index contributed by atoms with van der Waals surface area (Å²) in [4.78, 5) is 29.5. The van der Waals surface area contributed by atoms with Crippen molar-refractivity contribution in [2.24, 2.45) is 0 Å². The Morgan fingerprint density at radius 1 is 0.907 bits per heavy atom. The molecule has 1 fully saturated rings. The lowest BCUT2D eigenvalue weighted by molar-refractivity contribution is -0.140. The lowest BCUT2D eigenvalue weighted by Gasteiger charge is -2.34. The van der Waals surface area contributed by atoms with E-state index in [1.807, 2.05) is 31.2 Å². The van der Waals surface area contributed by atoms with Crippen molar-refractivity contribution in [2.45, 2.75) is 88.7 Å². The Morgan fingerprint density at radius 2 is 1.53 bits per heavy atom. The van der Waals surface area contributed by atoms with Gasteiger partial charge in [-0.15, -0.1) is 0 Å². The van der Waals surface area contributed by atoms with Crippen LogP contribution in [-0.2, 0) is 26.2 Å². The van der Waals surface area contributed by atoms with E-state index in [0.717, 1.165) is 47.5 Å². The van der Waals surface area contributed by atoms with Gasteiger partial charge in [-0.05, 0) is 72.7 Å². The highest BCUT2D eigenvalue weighted by molar-refractivity contribution is 7.92. The van der Waals surface area contributed by atoms with E-state index >= 15 is 0 Å². The number of benzene rings is 3. The molecular weight excluding hydrogens is 582 g/mol. The normalized spacial score (nSPS) is 14.7. The number of anilines is 1. The molecule has 9 heteroatoms. The Bertz CT molecular complexity index is 1460. The van der Waals surface area contributed by atoms with E-state index < -0.39 is 28.5 Å². The summed E-state index contributed by atoms with van der Waals surface area (Å²) in [5.74, 6) is -0.416. The zero-order valence-corrected chi connectivity index (χ0v) is 26.8. The fraction of sp³-hybridized carbons (Fsp3) is 0.412. The zero-order valence-electron chi connectivity index (χ0n) is 25.2. The summed E-state index contributed by atoms with van der Waals surface area (Å²) in [6, 6.07) is 21.8. The van der Waals surface area contributed by atoms with Gasteiger partial charge in [-0.2, -0.15) is 0 Å². The van der Waals surface area contributed by atoms with E-state index in [1.54, 1.807) is 42.5 Å². The van der Waals surface area contributed by atoms with Crippen molar-refractivity contribution in [3.63, 3.8) is 0 Å². The fourth-order valence-corrected chi connectivity index (χ4v) is 7.09. The zero-order chi connectivity index (χ0) is 31.0. The van der Waals surface area contributed by atoms with Gasteiger partial charge < -0.3 is 10.2 Å². The number of sulfonamides is 1. The molecule has 0 unspecified atom stereocenters. The van der Waals surface area contributed by atoms with Crippen LogP contribution in [-0.4, -0.2) is 43.8 Å². The average Bonchev–Trinajstić information content (AvgIpc) is 3.01. The van der Waals surface area contributed by atoms with Gasteiger partial charge in [0, 0.05) is 17.6 Å². The second-order valence-electron chi connectivity index (χ2n) is 11.5. The first-order valence-electron chi connectivity index (χ1n) is 15.1. The first kappa shape index (κ1) is 32.6. The first-order chi connectivity index (χ1) is 20.6. The Kier molecular flexibility index (Phi) is 11.3. The molecule has 0 saturated heterocycles. The van der Waals surface area contributed by atoms with E-state index in [4.69, 9.17) is 11.6 Å². The van der Waals surface area contributed by atoms with Gasteiger partial charge in [-0.25, -0.2) is 8.42 Å². The van der Waals surface area contributed by atoms with Gasteiger partial charge in [0.2, 0.25) is 11.8 Å².